The maximum atomic E-state index is 12.4. The Morgan fingerprint density at radius 1 is 0.545 bits per heavy atom. The molecule has 352 valence electrons. The van der Waals surface area contributed by atoms with Crippen LogP contribution in [0, 0.1) is 11.8 Å². The maximum absolute atomic E-state index is 12.4. The Labute approximate surface area is 403 Å². The topological polar surface area (TPSA) is 110 Å². The van der Waals surface area contributed by atoms with Crippen molar-refractivity contribution in [3.63, 3.8) is 0 Å². The van der Waals surface area contributed by atoms with Gasteiger partial charge in [-0.3, -0.25) is 0 Å². The molecule has 0 atom stereocenters. The summed E-state index contributed by atoms with van der Waals surface area (Å²) in [5.41, 5.74) is 13.7. The molecule has 0 aliphatic carbocycles. The van der Waals surface area contributed by atoms with Crippen molar-refractivity contribution in [1.82, 2.24) is 10.6 Å². The van der Waals surface area contributed by atoms with Crippen LogP contribution in [0.3, 0.4) is 0 Å². The number of halogens is 2. The minimum Gasteiger partial charge on any atom is -0.472 e. The summed E-state index contributed by atoms with van der Waals surface area (Å²) in [6, 6.07) is 29.9. The fourth-order valence-electron chi connectivity index (χ4n) is 7.93. The predicted molar refractivity (Wildman–Crippen MR) is 274 cm³/mol. The van der Waals surface area contributed by atoms with Crippen LogP contribution in [0.25, 0.3) is 22.3 Å². The molecule has 0 unspecified atom stereocenters. The Morgan fingerprint density at radius 3 is 1.38 bits per heavy atom. The van der Waals surface area contributed by atoms with Gasteiger partial charge in [0.15, 0.2) is 0 Å². The lowest BCUT2D eigenvalue weighted by molar-refractivity contribution is 0.220. The Bertz CT molecular complexity index is 2210. The van der Waals surface area contributed by atoms with Gasteiger partial charge in [0.05, 0.1) is 25.1 Å². The van der Waals surface area contributed by atoms with Gasteiger partial charge in [0.2, 0.25) is 0 Å². The zero-order valence-corrected chi connectivity index (χ0v) is 41.5. The second-order valence-corrected chi connectivity index (χ2v) is 19.6. The Hall–Kier alpha value is -4.44. The summed E-state index contributed by atoms with van der Waals surface area (Å²) in [6.45, 7) is 14.1. The van der Waals surface area contributed by atoms with Gasteiger partial charge >= 0.3 is 8.25 Å². The number of aryl methyl sites for hydroxylation is 2. The van der Waals surface area contributed by atoms with Crippen LogP contribution in [-0.4, -0.2) is 39.4 Å². The molecule has 0 aliphatic rings. The molecule has 4 N–H and O–H groups in total. The number of hydrogen-bond acceptors (Lipinski definition) is 9. The van der Waals surface area contributed by atoms with Crippen LogP contribution in [-0.2, 0) is 52.4 Å². The first kappa shape index (κ1) is 51.0. The average Bonchev–Trinajstić information content (AvgIpc) is 4.05. The monoisotopic (exact) mass is 953 g/mol. The molecular formula is C54H68Cl2N4O5P+. The van der Waals surface area contributed by atoms with E-state index in [9.17, 15) is 4.57 Å². The first-order valence-corrected chi connectivity index (χ1v) is 25.4. The number of nitrogens with one attached hydrogen (secondary N) is 4. The van der Waals surface area contributed by atoms with Gasteiger partial charge in [-0.25, -0.2) is 0 Å². The molecular weight excluding hydrogens is 886 g/mol. The zero-order valence-electron chi connectivity index (χ0n) is 39.1. The first-order valence-electron chi connectivity index (χ1n) is 23.6. The van der Waals surface area contributed by atoms with Gasteiger partial charge in [0, 0.05) is 74.4 Å². The van der Waals surface area contributed by atoms with Gasteiger partial charge in [-0.15, -0.1) is 9.05 Å². The van der Waals surface area contributed by atoms with Crippen LogP contribution >= 0.6 is 31.5 Å². The fourth-order valence-corrected chi connectivity index (χ4v) is 9.13. The summed E-state index contributed by atoms with van der Waals surface area (Å²) in [5, 5.41) is 16.0. The van der Waals surface area contributed by atoms with Crippen LogP contribution in [0.2, 0.25) is 10.0 Å². The van der Waals surface area contributed by atoms with Crippen LogP contribution < -0.4 is 21.3 Å². The molecule has 0 amide bonds. The molecule has 0 radical (unpaired) electrons. The molecule has 12 heteroatoms. The predicted octanol–water partition coefficient (Wildman–Crippen LogP) is 14.3. The Balaban J connectivity index is 0.831. The molecule has 4 aromatic carbocycles. The van der Waals surface area contributed by atoms with Crippen LogP contribution in [0.5, 0.6) is 0 Å². The zero-order chi connectivity index (χ0) is 46.5. The van der Waals surface area contributed by atoms with E-state index in [2.05, 4.69) is 122 Å². The highest BCUT2D eigenvalue weighted by Gasteiger charge is 2.19. The van der Waals surface area contributed by atoms with Crippen molar-refractivity contribution < 1.29 is 22.4 Å². The quantitative estimate of drug-likeness (QED) is 0.0259. The van der Waals surface area contributed by atoms with Crippen LogP contribution in [0.4, 0.5) is 11.4 Å². The van der Waals surface area contributed by atoms with E-state index in [4.69, 9.17) is 41.1 Å². The van der Waals surface area contributed by atoms with Gasteiger partial charge < -0.3 is 30.1 Å². The molecule has 0 spiro atoms. The highest BCUT2D eigenvalue weighted by atomic mass is 35.5. The molecule has 2 heterocycles. The molecule has 66 heavy (non-hydrogen) atoms. The summed E-state index contributed by atoms with van der Waals surface area (Å²) in [5.74, 6) is 1.16. The third-order valence-electron chi connectivity index (χ3n) is 11.3. The molecule has 0 fully saturated rings. The Kier molecular flexibility index (Phi) is 21.2. The van der Waals surface area contributed by atoms with E-state index >= 15 is 0 Å². The standard InChI is InChI=1S/C54H68Cl2N4O5P/c1-39(2)29-45-15-11-41(33-51(45)55)9-5-23-59-53-17-13-43(31-49(53)47-19-27-62-37-47)35-57-21-7-25-64-66(61)65-26-8-22-58-36-44-14-18-54(50(32-44)48-20-28-63-38-48)60-24-6-10-42-12-16-46(30-40(3)4)52(56)34-42/h11-20,27-28,31-34,37-40,57-60H,5-10,21-26,29-30,35-36H2,1-4H3/q+1. The first-order chi connectivity index (χ1) is 32.1. The summed E-state index contributed by atoms with van der Waals surface area (Å²) >= 11 is 13.2. The highest BCUT2D eigenvalue weighted by molar-refractivity contribution is 7.33. The lowest BCUT2D eigenvalue weighted by atomic mass is 10.00. The molecule has 2 aromatic heterocycles. The third kappa shape index (κ3) is 17.0. The van der Waals surface area contributed by atoms with Crippen molar-refractivity contribution in [2.45, 2.75) is 92.2 Å². The van der Waals surface area contributed by atoms with E-state index in [1.807, 2.05) is 12.1 Å². The summed E-state index contributed by atoms with van der Waals surface area (Å²) in [4.78, 5) is 0. The number of anilines is 2. The van der Waals surface area contributed by atoms with Crippen molar-refractivity contribution in [3.05, 3.63) is 153 Å². The lowest BCUT2D eigenvalue weighted by Crippen LogP contribution is -2.16. The van der Waals surface area contributed by atoms with E-state index in [1.165, 1.54) is 22.3 Å². The van der Waals surface area contributed by atoms with E-state index in [-0.39, 0.29) is 0 Å². The van der Waals surface area contributed by atoms with Gasteiger partial charge in [-0.05, 0) is 158 Å². The molecule has 6 aromatic rings. The van der Waals surface area contributed by atoms with Crippen LogP contribution in [0.1, 0.15) is 86.8 Å². The van der Waals surface area contributed by atoms with E-state index in [1.54, 1.807) is 25.1 Å². The van der Waals surface area contributed by atoms with Crippen molar-refractivity contribution >= 4 is 42.8 Å². The van der Waals surface area contributed by atoms with Crippen molar-refractivity contribution in [3.8, 4) is 22.3 Å². The normalized spacial score (nSPS) is 11.5. The van der Waals surface area contributed by atoms with E-state index in [0.29, 0.717) is 51.0 Å². The SMILES string of the molecule is CC(C)Cc1ccc(CCCNc2ccc(CNCCCO[P+](=O)OCCCNCc3ccc(NCCCc4ccc(CC(C)C)c(Cl)c4)c(-c4ccoc4)c3)cc2-c2ccoc2)cc1Cl. The molecule has 6 rings (SSSR count). The van der Waals surface area contributed by atoms with E-state index < -0.39 is 8.25 Å². The van der Waals surface area contributed by atoms with Crippen LogP contribution in [0.15, 0.2) is 119 Å². The molecule has 0 bridgehead atoms. The molecule has 0 saturated carbocycles. The number of hydrogen-bond donors (Lipinski definition) is 4. The van der Waals surface area contributed by atoms with Gasteiger partial charge in [0.25, 0.3) is 0 Å². The van der Waals surface area contributed by atoms with Gasteiger partial charge in [-0.1, -0.05) is 87.3 Å². The van der Waals surface area contributed by atoms with Gasteiger partial charge in [0.1, 0.15) is 13.2 Å². The molecule has 0 aliphatic heterocycles. The third-order valence-corrected chi connectivity index (χ3v) is 12.8. The van der Waals surface area contributed by atoms with Crippen molar-refractivity contribution in [2.24, 2.45) is 11.8 Å². The second-order valence-electron chi connectivity index (χ2n) is 17.8. The van der Waals surface area contributed by atoms with E-state index in [0.717, 1.165) is 120 Å². The number of furan rings is 2. The van der Waals surface area contributed by atoms with Crippen molar-refractivity contribution in [1.29, 1.82) is 0 Å². The maximum Gasteiger partial charge on any atom is 0.697 e. The highest BCUT2D eigenvalue weighted by Crippen LogP contribution is 2.32. The smallest absolute Gasteiger partial charge is 0.472 e. The minimum absolute atomic E-state index is 0.350. The summed E-state index contributed by atoms with van der Waals surface area (Å²) < 4.78 is 34.2. The lowest BCUT2D eigenvalue weighted by Gasteiger charge is -2.14. The Morgan fingerprint density at radius 2 is 0.985 bits per heavy atom. The number of benzene rings is 4. The average molecular weight is 955 g/mol. The molecule has 0 saturated heterocycles. The minimum atomic E-state index is -2.17. The largest absolute Gasteiger partial charge is 0.697 e. The summed E-state index contributed by atoms with van der Waals surface area (Å²) in [7, 11) is -2.17. The fraction of sp³-hybridized carbons (Fsp3) is 0.407. The molecule has 9 nitrogen and oxygen atoms in total. The van der Waals surface area contributed by atoms with Crippen molar-refractivity contribution in [2.75, 3.05) is 50.0 Å². The van der Waals surface area contributed by atoms with Gasteiger partial charge in [-0.2, -0.15) is 0 Å². The number of rotatable bonds is 30. The second kappa shape index (κ2) is 27.4. The summed E-state index contributed by atoms with van der Waals surface area (Å²) in [6.07, 6.45) is 14.3.